The van der Waals surface area contributed by atoms with Crippen LogP contribution in [0.5, 0.6) is 11.5 Å². The van der Waals surface area contributed by atoms with E-state index in [9.17, 15) is 9.90 Å². The fourth-order valence-corrected chi connectivity index (χ4v) is 3.48. The molecule has 0 saturated heterocycles. The Morgan fingerprint density at radius 2 is 2.00 bits per heavy atom. The molecule has 0 unspecified atom stereocenters. The van der Waals surface area contributed by atoms with Gasteiger partial charge in [-0.25, -0.2) is 4.98 Å². The summed E-state index contributed by atoms with van der Waals surface area (Å²) >= 11 is 11.3. The number of carbonyl (C=O) groups excluding carboxylic acids is 1. The number of nitrogens with one attached hydrogen (secondary N) is 2. The first-order valence-electron chi connectivity index (χ1n) is 9.68. The van der Waals surface area contributed by atoms with Gasteiger partial charge in [-0.2, -0.15) is 0 Å². The maximum Gasteiger partial charge on any atom is 0.257 e. The monoisotopic (exact) mass is 467 g/mol. The van der Waals surface area contributed by atoms with E-state index in [-0.39, 0.29) is 10.9 Å². The molecule has 7 nitrogen and oxygen atoms in total. The molecule has 162 valence electrons. The van der Waals surface area contributed by atoms with Crippen LogP contribution in [0, 0.1) is 0 Å². The minimum atomic E-state index is -0.431. The predicted octanol–water partition coefficient (Wildman–Crippen LogP) is 5.38. The summed E-state index contributed by atoms with van der Waals surface area (Å²) < 4.78 is 11.1. The number of para-hydroxylation sites is 2. The van der Waals surface area contributed by atoms with Crippen LogP contribution in [0.25, 0.3) is 22.6 Å². The summed E-state index contributed by atoms with van der Waals surface area (Å²) in [7, 11) is 0. The molecule has 0 saturated carbocycles. The molecule has 9 heteroatoms. The Morgan fingerprint density at radius 3 is 2.72 bits per heavy atom. The van der Waals surface area contributed by atoms with Gasteiger partial charge in [0.2, 0.25) is 5.89 Å². The Bertz CT molecular complexity index is 1290. The molecule has 0 radical (unpaired) electrons. The lowest BCUT2D eigenvalue weighted by atomic mass is 10.2. The molecule has 32 heavy (non-hydrogen) atoms. The van der Waals surface area contributed by atoms with Gasteiger partial charge in [0, 0.05) is 17.3 Å². The van der Waals surface area contributed by atoms with Gasteiger partial charge in [-0.1, -0.05) is 23.7 Å². The molecule has 1 amide bonds. The van der Waals surface area contributed by atoms with Crippen molar-refractivity contribution in [2.24, 2.45) is 0 Å². The third-order valence-corrected chi connectivity index (χ3v) is 5.00. The SMILES string of the molecule is CCOc1ccc(C(=O)NC(=S)Nc2ccc(-c3nc4ccccc4o3)c(O)c2)cc1Cl. The van der Waals surface area contributed by atoms with E-state index in [1.165, 1.54) is 12.1 Å². The Labute approximate surface area is 194 Å². The molecule has 0 spiro atoms. The number of oxazole rings is 1. The number of rotatable bonds is 5. The minimum Gasteiger partial charge on any atom is -0.507 e. The van der Waals surface area contributed by atoms with Crippen molar-refractivity contribution in [3.8, 4) is 23.0 Å². The smallest absolute Gasteiger partial charge is 0.257 e. The summed E-state index contributed by atoms with van der Waals surface area (Å²) in [4.78, 5) is 16.8. The van der Waals surface area contributed by atoms with Crippen molar-refractivity contribution in [3.63, 3.8) is 0 Å². The fourth-order valence-electron chi connectivity index (χ4n) is 3.03. The van der Waals surface area contributed by atoms with E-state index < -0.39 is 5.91 Å². The van der Waals surface area contributed by atoms with Gasteiger partial charge in [-0.05, 0) is 61.6 Å². The van der Waals surface area contributed by atoms with Crippen molar-refractivity contribution in [3.05, 3.63) is 71.2 Å². The van der Waals surface area contributed by atoms with Crippen molar-refractivity contribution in [1.29, 1.82) is 0 Å². The first-order chi connectivity index (χ1) is 15.4. The van der Waals surface area contributed by atoms with Crippen LogP contribution in [0.3, 0.4) is 0 Å². The average Bonchev–Trinajstić information content (AvgIpc) is 3.19. The van der Waals surface area contributed by atoms with Gasteiger partial charge in [0.1, 0.15) is 17.0 Å². The predicted molar refractivity (Wildman–Crippen MR) is 127 cm³/mol. The zero-order chi connectivity index (χ0) is 22.7. The molecule has 0 bridgehead atoms. The maximum atomic E-state index is 12.4. The number of aromatic hydroxyl groups is 1. The second-order valence-corrected chi connectivity index (χ2v) is 7.52. The van der Waals surface area contributed by atoms with Crippen LogP contribution >= 0.6 is 23.8 Å². The molecule has 3 N–H and O–H groups in total. The molecule has 3 aromatic carbocycles. The number of aromatic nitrogens is 1. The standard InChI is InChI=1S/C23H18ClN3O4S/c1-2-30-19-10-7-13(11-16(19)24)21(29)27-23(32)25-14-8-9-15(18(28)12-14)22-26-17-5-3-4-6-20(17)31-22/h3-12,28H,2H2,1H3,(H2,25,27,29,32). The van der Waals surface area contributed by atoms with E-state index in [0.717, 1.165) is 0 Å². The number of amides is 1. The van der Waals surface area contributed by atoms with E-state index in [4.69, 9.17) is 33.0 Å². The highest BCUT2D eigenvalue weighted by Gasteiger charge is 2.14. The van der Waals surface area contributed by atoms with E-state index >= 15 is 0 Å². The van der Waals surface area contributed by atoms with Crippen LogP contribution in [-0.4, -0.2) is 27.7 Å². The zero-order valence-electron chi connectivity index (χ0n) is 16.9. The summed E-state index contributed by atoms with van der Waals surface area (Å²) in [6.45, 7) is 2.32. The number of phenols is 1. The quantitative estimate of drug-likeness (QED) is 0.339. The van der Waals surface area contributed by atoms with Gasteiger partial charge in [-0.3, -0.25) is 10.1 Å². The van der Waals surface area contributed by atoms with Crippen LogP contribution in [-0.2, 0) is 0 Å². The van der Waals surface area contributed by atoms with Crippen molar-refractivity contribution >= 4 is 51.6 Å². The highest BCUT2D eigenvalue weighted by Crippen LogP contribution is 2.33. The van der Waals surface area contributed by atoms with Gasteiger partial charge in [0.15, 0.2) is 10.7 Å². The first kappa shape index (κ1) is 21.6. The summed E-state index contributed by atoms with van der Waals surface area (Å²) in [6, 6.07) is 16.9. The second kappa shape index (κ2) is 9.25. The van der Waals surface area contributed by atoms with Gasteiger partial charge >= 0.3 is 0 Å². The third kappa shape index (κ3) is 4.66. The third-order valence-electron chi connectivity index (χ3n) is 4.50. The number of halogens is 1. The van der Waals surface area contributed by atoms with Gasteiger partial charge in [-0.15, -0.1) is 0 Å². The van der Waals surface area contributed by atoms with Gasteiger partial charge in [0.25, 0.3) is 5.91 Å². The lowest BCUT2D eigenvalue weighted by Crippen LogP contribution is -2.34. The molecule has 4 aromatic rings. The van der Waals surface area contributed by atoms with E-state index in [2.05, 4.69) is 15.6 Å². The number of ether oxygens (including phenoxy) is 1. The summed E-state index contributed by atoms with van der Waals surface area (Å²) in [5.41, 5.74) is 2.57. The number of benzene rings is 3. The summed E-state index contributed by atoms with van der Waals surface area (Å²) in [6.07, 6.45) is 0. The highest BCUT2D eigenvalue weighted by molar-refractivity contribution is 7.80. The Balaban J connectivity index is 1.43. The largest absolute Gasteiger partial charge is 0.507 e. The first-order valence-corrected chi connectivity index (χ1v) is 10.5. The van der Waals surface area contributed by atoms with Crippen molar-refractivity contribution in [2.45, 2.75) is 6.92 Å². The van der Waals surface area contributed by atoms with E-state index in [1.807, 2.05) is 25.1 Å². The van der Waals surface area contributed by atoms with Crippen LogP contribution in [0.1, 0.15) is 17.3 Å². The molecular formula is C23H18ClN3O4S. The fraction of sp³-hybridized carbons (Fsp3) is 0.0870. The summed E-state index contributed by atoms with van der Waals surface area (Å²) in [5.74, 6) is 0.327. The number of hydrogen-bond acceptors (Lipinski definition) is 6. The van der Waals surface area contributed by atoms with Crippen molar-refractivity contribution in [1.82, 2.24) is 10.3 Å². The van der Waals surface area contributed by atoms with Gasteiger partial charge in [0.05, 0.1) is 17.2 Å². The number of carbonyl (C=O) groups is 1. The minimum absolute atomic E-state index is 0.0472. The van der Waals surface area contributed by atoms with Crippen molar-refractivity contribution in [2.75, 3.05) is 11.9 Å². The molecule has 0 fully saturated rings. The Kier molecular flexibility index (Phi) is 6.25. The van der Waals surface area contributed by atoms with E-state index in [0.29, 0.717) is 51.2 Å². The number of thiocarbonyl (C=S) groups is 1. The van der Waals surface area contributed by atoms with Crippen LogP contribution < -0.4 is 15.4 Å². The molecule has 1 aromatic heterocycles. The number of anilines is 1. The molecule has 0 atom stereocenters. The van der Waals surface area contributed by atoms with Crippen molar-refractivity contribution < 1.29 is 19.1 Å². The molecular weight excluding hydrogens is 450 g/mol. The Morgan fingerprint density at radius 1 is 1.19 bits per heavy atom. The maximum absolute atomic E-state index is 12.4. The van der Waals surface area contributed by atoms with Crippen LogP contribution in [0.4, 0.5) is 5.69 Å². The normalized spacial score (nSPS) is 10.7. The number of phenolic OH excluding ortho intramolecular Hbond substituents is 1. The lowest BCUT2D eigenvalue weighted by Gasteiger charge is -2.12. The number of nitrogens with zero attached hydrogens (tertiary/aromatic N) is 1. The topological polar surface area (TPSA) is 96.6 Å². The zero-order valence-corrected chi connectivity index (χ0v) is 18.5. The number of hydrogen-bond donors (Lipinski definition) is 3. The summed E-state index contributed by atoms with van der Waals surface area (Å²) in [5, 5.41) is 16.3. The second-order valence-electron chi connectivity index (χ2n) is 6.71. The molecule has 0 aliphatic carbocycles. The molecule has 1 heterocycles. The molecule has 0 aliphatic heterocycles. The average molecular weight is 468 g/mol. The molecule has 0 aliphatic rings. The lowest BCUT2D eigenvalue weighted by molar-refractivity contribution is 0.0977. The van der Waals surface area contributed by atoms with Gasteiger partial charge < -0.3 is 19.6 Å². The van der Waals surface area contributed by atoms with Crippen LogP contribution in [0.15, 0.2) is 65.1 Å². The van der Waals surface area contributed by atoms with E-state index in [1.54, 1.807) is 30.3 Å². The highest BCUT2D eigenvalue weighted by atomic mass is 35.5. The Hall–Kier alpha value is -3.62. The molecule has 4 rings (SSSR count). The number of fused-ring (bicyclic) bond motifs is 1. The van der Waals surface area contributed by atoms with Crippen LogP contribution in [0.2, 0.25) is 5.02 Å².